The van der Waals surface area contributed by atoms with Crippen LogP contribution in [0.25, 0.3) is 11.1 Å². The lowest BCUT2D eigenvalue weighted by Crippen LogP contribution is -2.71. The van der Waals surface area contributed by atoms with Crippen molar-refractivity contribution in [3.05, 3.63) is 82.4 Å². The summed E-state index contributed by atoms with van der Waals surface area (Å²) in [5.74, 6) is -0.280. The average molecular weight is 515 g/mol. The molecule has 0 radical (unpaired) electrons. The number of rotatable bonds is 8. The zero-order chi connectivity index (χ0) is 27.0. The minimum absolute atomic E-state index is 0.0901. The Morgan fingerprint density at radius 2 is 1.74 bits per heavy atom. The van der Waals surface area contributed by atoms with Crippen LogP contribution in [0.2, 0.25) is 0 Å². The number of carbonyl (C=O) groups is 2. The highest BCUT2D eigenvalue weighted by Crippen LogP contribution is 2.35. The summed E-state index contributed by atoms with van der Waals surface area (Å²) >= 11 is 0. The number of anilines is 1. The normalized spacial score (nSPS) is 16.1. The van der Waals surface area contributed by atoms with Crippen LogP contribution in [0.15, 0.2) is 54.6 Å². The number of nitrogens with one attached hydrogen (secondary N) is 1. The van der Waals surface area contributed by atoms with Gasteiger partial charge in [-0.15, -0.1) is 0 Å². The summed E-state index contributed by atoms with van der Waals surface area (Å²) in [7, 11) is 1.68. The number of carboxylic acids is 1. The summed E-state index contributed by atoms with van der Waals surface area (Å²) in [5.41, 5.74) is 7.35. The van der Waals surface area contributed by atoms with E-state index in [-0.39, 0.29) is 25.1 Å². The first kappa shape index (κ1) is 25.8. The van der Waals surface area contributed by atoms with Crippen LogP contribution >= 0.6 is 0 Å². The number of aryl methyl sites for hydroxylation is 1. The lowest BCUT2D eigenvalue weighted by molar-refractivity contribution is -0.153. The summed E-state index contributed by atoms with van der Waals surface area (Å²) in [6, 6.07) is 18.5. The molecule has 2 aliphatic rings. The van der Waals surface area contributed by atoms with Gasteiger partial charge in [-0.2, -0.15) is 0 Å². The van der Waals surface area contributed by atoms with Crippen molar-refractivity contribution in [3.8, 4) is 16.9 Å². The van der Waals surface area contributed by atoms with Crippen molar-refractivity contribution in [1.29, 1.82) is 0 Å². The Kier molecular flexibility index (Phi) is 6.88. The summed E-state index contributed by atoms with van der Waals surface area (Å²) in [4.78, 5) is 25.4. The van der Waals surface area contributed by atoms with Crippen LogP contribution in [0.4, 0.5) is 5.69 Å². The molecule has 7 heteroatoms. The predicted molar refractivity (Wildman–Crippen MR) is 147 cm³/mol. The third-order valence-corrected chi connectivity index (χ3v) is 7.90. The van der Waals surface area contributed by atoms with Gasteiger partial charge >= 0.3 is 5.97 Å². The highest BCUT2D eigenvalue weighted by molar-refractivity contribution is 5.89. The number of aliphatic carboxylic acids is 1. The molecule has 2 N–H and O–H groups in total. The van der Waals surface area contributed by atoms with Crippen LogP contribution < -0.4 is 10.1 Å². The lowest BCUT2D eigenvalue weighted by atomic mass is 9.88. The van der Waals surface area contributed by atoms with Crippen LogP contribution in [0.1, 0.15) is 34.7 Å². The molecule has 1 heterocycles. The SMILES string of the molecule is COc1cc(-c2ccc(NC3(C(=O)O)CN(C(C)=O)C3)cc2COC2Cc3ccccc3C2)cc(C)c1C. The quantitative estimate of drug-likeness (QED) is 0.451. The number of methoxy groups -OCH3 is 1. The van der Waals surface area contributed by atoms with Gasteiger partial charge in [0.2, 0.25) is 5.91 Å². The van der Waals surface area contributed by atoms with Crippen molar-refractivity contribution < 1.29 is 24.2 Å². The standard InChI is InChI=1S/C31H34N2O5/c1-19-11-24(15-29(37-4)20(19)2)28-10-9-26(32-31(30(35)36)17-33(18-31)21(3)34)12-25(28)16-38-27-13-22-7-5-6-8-23(22)14-27/h5-12,15,27,32H,13-14,16-18H2,1-4H3,(H,35,36). The van der Waals surface area contributed by atoms with E-state index in [1.54, 1.807) is 7.11 Å². The van der Waals surface area contributed by atoms with E-state index in [4.69, 9.17) is 9.47 Å². The molecule has 3 aromatic rings. The Hall–Kier alpha value is -3.84. The minimum Gasteiger partial charge on any atom is -0.496 e. The predicted octanol–water partition coefficient (Wildman–Crippen LogP) is 4.76. The molecular formula is C31H34N2O5. The third kappa shape index (κ3) is 4.86. The highest BCUT2D eigenvalue weighted by atomic mass is 16.5. The van der Waals surface area contributed by atoms with Crippen molar-refractivity contribution in [1.82, 2.24) is 4.90 Å². The molecule has 1 aliphatic carbocycles. The van der Waals surface area contributed by atoms with E-state index >= 15 is 0 Å². The molecule has 0 aromatic heterocycles. The minimum atomic E-state index is -1.21. The van der Waals surface area contributed by atoms with Gasteiger partial charge in [0, 0.05) is 12.6 Å². The van der Waals surface area contributed by atoms with Gasteiger partial charge in [0.1, 0.15) is 5.75 Å². The van der Waals surface area contributed by atoms with Gasteiger partial charge < -0.3 is 24.8 Å². The molecule has 1 aliphatic heterocycles. The van der Waals surface area contributed by atoms with Crippen molar-refractivity contribution >= 4 is 17.6 Å². The number of amides is 1. The van der Waals surface area contributed by atoms with Gasteiger partial charge in [0.15, 0.2) is 5.54 Å². The molecule has 1 saturated heterocycles. The highest BCUT2D eigenvalue weighted by Gasteiger charge is 2.51. The summed E-state index contributed by atoms with van der Waals surface area (Å²) in [6.07, 6.45) is 1.85. The summed E-state index contributed by atoms with van der Waals surface area (Å²) in [5, 5.41) is 13.2. The van der Waals surface area contributed by atoms with E-state index in [0.717, 1.165) is 46.4 Å². The van der Waals surface area contributed by atoms with Crippen LogP contribution in [0.3, 0.4) is 0 Å². The number of carbonyl (C=O) groups excluding carboxylic acids is 1. The number of nitrogens with zero attached hydrogens (tertiary/aromatic N) is 1. The summed E-state index contributed by atoms with van der Waals surface area (Å²) < 4.78 is 12.1. The summed E-state index contributed by atoms with van der Waals surface area (Å²) in [6.45, 7) is 6.20. The largest absolute Gasteiger partial charge is 0.496 e. The number of likely N-dealkylation sites (tertiary alicyclic amines) is 1. The number of carboxylic acid groups (broad SMARTS) is 1. The molecule has 0 saturated carbocycles. The number of fused-ring (bicyclic) bond motifs is 1. The topological polar surface area (TPSA) is 88.1 Å². The van der Waals surface area contributed by atoms with Gasteiger partial charge in [-0.1, -0.05) is 36.4 Å². The van der Waals surface area contributed by atoms with Gasteiger partial charge in [0.25, 0.3) is 0 Å². The van der Waals surface area contributed by atoms with E-state index in [1.165, 1.54) is 23.0 Å². The van der Waals surface area contributed by atoms with Crippen molar-refractivity contribution in [2.75, 3.05) is 25.5 Å². The van der Waals surface area contributed by atoms with Crippen molar-refractivity contribution in [2.24, 2.45) is 0 Å². The maximum absolute atomic E-state index is 12.2. The van der Waals surface area contributed by atoms with Gasteiger partial charge in [-0.3, -0.25) is 4.79 Å². The van der Waals surface area contributed by atoms with E-state index in [9.17, 15) is 14.7 Å². The fourth-order valence-electron chi connectivity index (χ4n) is 5.48. The zero-order valence-corrected chi connectivity index (χ0v) is 22.3. The Balaban J connectivity index is 1.45. The van der Waals surface area contributed by atoms with Crippen molar-refractivity contribution in [2.45, 2.75) is 51.9 Å². The maximum atomic E-state index is 12.2. The van der Waals surface area contributed by atoms with Crippen molar-refractivity contribution in [3.63, 3.8) is 0 Å². The molecule has 38 heavy (non-hydrogen) atoms. The molecule has 5 rings (SSSR count). The third-order valence-electron chi connectivity index (χ3n) is 7.90. The van der Waals surface area contributed by atoms with E-state index in [0.29, 0.717) is 12.3 Å². The molecular weight excluding hydrogens is 480 g/mol. The van der Waals surface area contributed by atoms with Crippen LogP contribution in [-0.4, -0.2) is 53.7 Å². The van der Waals surface area contributed by atoms with E-state index in [2.05, 4.69) is 42.6 Å². The van der Waals surface area contributed by atoms with Gasteiger partial charge in [-0.25, -0.2) is 4.79 Å². The average Bonchev–Trinajstić information content (AvgIpc) is 3.29. The monoisotopic (exact) mass is 514 g/mol. The molecule has 3 aromatic carbocycles. The second kappa shape index (κ2) is 10.1. The second-order valence-corrected chi connectivity index (χ2v) is 10.5. The molecule has 0 unspecified atom stereocenters. The van der Waals surface area contributed by atoms with Crippen LogP contribution in [-0.2, 0) is 33.8 Å². The maximum Gasteiger partial charge on any atom is 0.333 e. The molecule has 1 fully saturated rings. The fourth-order valence-corrected chi connectivity index (χ4v) is 5.48. The molecule has 0 atom stereocenters. The number of hydrogen-bond acceptors (Lipinski definition) is 5. The number of ether oxygens (including phenoxy) is 2. The number of hydrogen-bond donors (Lipinski definition) is 2. The molecule has 7 nitrogen and oxygen atoms in total. The van der Waals surface area contributed by atoms with E-state index < -0.39 is 11.5 Å². The Bertz CT molecular complexity index is 1370. The van der Waals surface area contributed by atoms with Crippen LogP contribution in [0.5, 0.6) is 5.75 Å². The molecule has 198 valence electrons. The molecule has 1 amide bonds. The molecule has 0 spiro atoms. The Morgan fingerprint density at radius 3 is 2.34 bits per heavy atom. The second-order valence-electron chi connectivity index (χ2n) is 10.5. The van der Waals surface area contributed by atoms with E-state index in [1.807, 2.05) is 31.2 Å². The van der Waals surface area contributed by atoms with Gasteiger partial charge in [-0.05, 0) is 83.8 Å². The Morgan fingerprint density at radius 1 is 1.05 bits per heavy atom. The first-order valence-electron chi connectivity index (χ1n) is 12.9. The van der Waals surface area contributed by atoms with Crippen LogP contribution in [0, 0.1) is 13.8 Å². The smallest absolute Gasteiger partial charge is 0.333 e. The Labute approximate surface area is 223 Å². The first-order valence-corrected chi connectivity index (χ1v) is 12.9. The fraction of sp³-hybridized carbons (Fsp3) is 0.355. The first-order chi connectivity index (χ1) is 18.2. The lowest BCUT2D eigenvalue weighted by Gasteiger charge is -2.47. The zero-order valence-electron chi connectivity index (χ0n) is 22.3. The number of benzene rings is 3. The van der Waals surface area contributed by atoms with Gasteiger partial charge in [0.05, 0.1) is 32.9 Å². The molecule has 0 bridgehead atoms.